The van der Waals surface area contributed by atoms with Gasteiger partial charge in [0, 0.05) is 24.6 Å². The van der Waals surface area contributed by atoms with E-state index in [1.165, 1.54) is 0 Å². The van der Waals surface area contributed by atoms with Crippen molar-refractivity contribution in [3.63, 3.8) is 0 Å². The molecule has 0 spiro atoms. The number of carbonyl (C=O) groups excluding carboxylic acids is 1. The summed E-state index contributed by atoms with van der Waals surface area (Å²) in [4.78, 5) is 15.6. The summed E-state index contributed by atoms with van der Waals surface area (Å²) in [5, 5.41) is 9.40. The summed E-state index contributed by atoms with van der Waals surface area (Å²) >= 11 is 3.48. The molecule has 2 rings (SSSR count). The van der Waals surface area contributed by atoms with Gasteiger partial charge in [0.15, 0.2) is 0 Å². The summed E-state index contributed by atoms with van der Waals surface area (Å²) in [5.74, 6) is -0.0329. The first-order valence-corrected chi connectivity index (χ1v) is 6.31. The standard InChI is InChI=1S/C12H15BrN2O2/c1-14-6-7-15(11(8-16)12(14)17)10-5-3-2-4-9(10)13/h2-5,11,16H,6-8H2,1H3. The summed E-state index contributed by atoms with van der Waals surface area (Å²) in [6, 6.07) is 7.27. The van der Waals surface area contributed by atoms with Gasteiger partial charge in [-0.3, -0.25) is 4.79 Å². The van der Waals surface area contributed by atoms with Crippen LogP contribution >= 0.6 is 15.9 Å². The third-order valence-corrected chi connectivity index (χ3v) is 3.72. The number of nitrogens with zero attached hydrogens (tertiary/aromatic N) is 2. The molecular weight excluding hydrogens is 284 g/mol. The summed E-state index contributed by atoms with van der Waals surface area (Å²) in [5.41, 5.74) is 0.952. The number of aliphatic hydroxyl groups is 1. The molecule has 92 valence electrons. The maximum Gasteiger partial charge on any atom is 0.247 e. The maximum atomic E-state index is 12.0. The van der Waals surface area contributed by atoms with Crippen molar-refractivity contribution < 1.29 is 9.90 Å². The number of para-hydroxylation sites is 1. The van der Waals surface area contributed by atoms with Crippen molar-refractivity contribution in [3.05, 3.63) is 28.7 Å². The van der Waals surface area contributed by atoms with Gasteiger partial charge >= 0.3 is 0 Å². The van der Waals surface area contributed by atoms with Gasteiger partial charge in [-0.15, -0.1) is 0 Å². The van der Waals surface area contributed by atoms with Crippen LogP contribution in [-0.2, 0) is 4.79 Å². The molecule has 4 nitrogen and oxygen atoms in total. The Hall–Kier alpha value is -1.07. The van der Waals surface area contributed by atoms with Gasteiger partial charge in [-0.1, -0.05) is 12.1 Å². The number of hydrogen-bond acceptors (Lipinski definition) is 3. The van der Waals surface area contributed by atoms with E-state index in [0.29, 0.717) is 6.54 Å². The third-order valence-electron chi connectivity index (χ3n) is 3.05. The highest BCUT2D eigenvalue weighted by atomic mass is 79.9. The van der Waals surface area contributed by atoms with Crippen molar-refractivity contribution in [3.8, 4) is 0 Å². The number of piperazine rings is 1. The van der Waals surface area contributed by atoms with Crippen molar-refractivity contribution in [2.75, 3.05) is 31.6 Å². The van der Waals surface area contributed by atoms with E-state index in [9.17, 15) is 9.90 Å². The van der Waals surface area contributed by atoms with Crippen LogP contribution in [0.4, 0.5) is 5.69 Å². The van der Waals surface area contributed by atoms with E-state index in [1.807, 2.05) is 29.2 Å². The molecule has 1 saturated heterocycles. The molecule has 1 aliphatic heterocycles. The first kappa shape index (κ1) is 12.4. The molecule has 1 heterocycles. The van der Waals surface area contributed by atoms with Crippen LogP contribution in [0, 0.1) is 0 Å². The van der Waals surface area contributed by atoms with Crippen LogP contribution in [0.1, 0.15) is 0 Å². The van der Waals surface area contributed by atoms with Gasteiger partial charge < -0.3 is 14.9 Å². The molecule has 0 radical (unpaired) electrons. The van der Waals surface area contributed by atoms with Crippen molar-refractivity contribution in [2.45, 2.75) is 6.04 Å². The largest absolute Gasteiger partial charge is 0.394 e. The maximum absolute atomic E-state index is 12.0. The van der Waals surface area contributed by atoms with Crippen LogP contribution in [0.3, 0.4) is 0 Å². The minimum Gasteiger partial charge on any atom is -0.394 e. The summed E-state index contributed by atoms with van der Waals surface area (Å²) in [7, 11) is 1.77. The highest BCUT2D eigenvalue weighted by molar-refractivity contribution is 9.10. The highest BCUT2D eigenvalue weighted by Crippen LogP contribution is 2.28. The predicted molar refractivity (Wildman–Crippen MR) is 70.0 cm³/mol. The second kappa shape index (κ2) is 5.06. The van der Waals surface area contributed by atoms with E-state index >= 15 is 0 Å². The Balaban J connectivity index is 2.32. The van der Waals surface area contributed by atoms with Crippen LogP contribution in [0.5, 0.6) is 0 Å². The van der Waals surface area contributed by atoms with E-state index in [4.69, 9.17) is 0 Å². The van der Waals surface area contributed by atoms with Gasteiger partial charge in [-0.05, 0) is 28.1 Å². The Bertz CT molecular complexity index is 425. The number of amides is 1. The molecule has 1 aliphatic rings. The molecule has 0 aromatic heterocycles. The highest BCUT2D eigenvalue weighted by Gasteiger charge is 2.33. The van der Waals surface area contributed by atoms with E-state index in [0.717, 1.165) is 16.7 Å². The van der Waals surface area contributed by atoms with Gasteiger partial charge in [0.05, 0.1) is 12.3 Å². The Morgan fingerprint density at radius 1 is 1.41 bits per heavy atom. The zero-order valence-corrected chi connectivity index (χ0v) is 11.2. The lowest BCUT2D eigenvalue weighted by molar-refractivity contribution is -0.133. The molecule has 0 bridgehead atoms. The van der Waals surface area contributed by atoms with Crippen molar-refractivity contribution >= 4 is 27.5 Å². The molecule has 1 unspecified atom stereocenters. The fourth-order valence-electron chi connectivity index (χ4n) is 2.06. The molecular formula is C12H15BrN2O2. The molecule has 1 fully saturated rings. The van der Waals surface area contributed by atoms with E-state index in [2.05, 4.69) is 15.9 Å². The van der Waals surface area contributed by atoms with Crippen LogP contribution in [-0.4, -0.2) is 48.7 Å². The van der Waals surface area contributed by atoms with E-state index in [1.54, 1.807) is 11.9 Å². The Morgan fingerprint density at radius 2 is 2.12 bits per heavy atom. The molecule has 1 N–H and O–H groups in total. The molecule has 0 aliphatic carbocycles. The predicted octanol–water partition coefficient (Wildman–Crippen LogP) is 1.09. The van der Waals surface area contributed by atoms with Crippen LogP contribution < -0.4 is 4.90 Å². The van der Waals surface area contributed by atoms with Crippen molar-refractivity contribution in [1.82, 2.24) is 4.90 Å². The van der Waals surface area contributed by atoms with Gasteiger partial charge in [-0.2, -0.15) is 0 Å². The van der Waals surface area contributed by atoms with Crippen LogP contribution in [0.25, 0.3) is 0 Å². The fraction of sp³-hybridized carbons (Fsp3) is 0.417. The molecule has 5 heteroatoms. The number of halogens is 1. The minimum absolute atomic E-state index is 0.0329. The first-order valence-electron chi connectivity index (χ1n) is 5.52. The zero-order chi connectivity index (χ0) is 12.4. The molecule has 1 atom stereocenters. The number of hydrogen-bond donors (Lipinski definition) is 1. The molecule has 1 aromatic rings. The number of likely N-dealkylation sites (N-methyl/N-ethyl adjacent to an activating group) is 1. The second-order valence-electron chi connectivity index (χ2n) is 4.10. The van der Waals surface area contributed by atoms with E-state index < -0.39 is 6.04 Å². The van der Waals surface area contributed by atoms with Crippen LogP contribution in [0.15, 0.2) is 28.7 Å². The topological polar surface area (TPSA) is 43.8 Å². The second-order valence-corrected chi connectivity index (χ2v) is 4.96. The number of carbonyl (C=O) groups is 1. The minimum atomic E-state index is -0.479. The lowest BCUT2D eigenvalue weighted by atomic mass is 10.1. The summed E-state index contributed by atoms with van der Waals surface area (Å²) in [6.07, 6.45) is 0. The van der Waals surface area contributed by atoms with Gasteiger partial charge in [-0.25, -0.2) is 0 Å². The summed E-state index contributed by atoms with van der Waals surface area (Å²) < 4.78 is 0.941. The van der Waals surface area contributed by atoms with Gasteiger partial charge in [0.1, 0.15) is 6.04 Å². The van der Waals surface area contributed by atoms with Crippen LogP contribution in [0.2, 0.25) is 0 Å². The average molecular weight is 299 g/mol. The number of rotatable bonds is 2. The Labute approximate surface area is 109 Å². The monoisotopic (exact) mass is 298 g/mol. The zero-order valence-electron chi connectivity index (χ0n) is 9.64. The Morgan fingerprint density at radius 3 is 2.76 bits per heavy atom. The van der Waals surface area contributed by atoms with Crippen molar-refractivity contribution in [1.29, 1.82) is 0 Å². The smallest absolute Gasteiger partial charge is 0.247 e. The normalized spacial score (nSPS) is 20.9. The first-order chi connectivity index (χ1) is 8.15. The Kier molecular flexibility index (Phi) is 3.69. The molecule has 1 aromatic carbocycles. The van der Waals surface area contributed by atoms with Gasteiger partial charge in [0.2, 0.25) is 5.91 Å². The fourth-order valence-corrected chi connectivity index (χ4v) is 2.57. The van der Waals surface area contributed by atoms with E-state index in [-0.39, 0.29) is 12.5 Å². The van der Waals surface area contributed by atoms with Crippen molar-refractivity contribution in [2.24, 2.45) is 0 Å². The SMILES string of the molecule is CN1CCN(c2ccccc2Br)C(CO)C1=O. The molecule has 0 saturated carbocycles. The lowest BCUT2D eigenvalue weighted by Gasteiger charge is -2.40. The van der Waals surface area contributed by atoms with Gasteiger partial charge in [0.25, 0.3) is 0 Å². The quantitative estimate of drug-likeness (QED) is 0.889. The number of benzene rings is 1. The molecule has 1 amide bonds. The lowest BCUT2D eigenvalue weighted by Crippen LogP contribution is -2.57. The number of anilines is 1. The molecule has 17 heavy (non-hydrogen) atoms. The number of aliphatic hydroxyl groups excluding tert-OH is 1. The average Bonchev–Trinajstić information content (AvgIpc) is 2.33. The summed E-state index contributed by atoms with van der Waals surface area (Å²) in [6.45, 7) is 1.25. The third kappa shape index (κ3) is 2.30.